The van der Waals surface area contributed by atoms with Crippen LogP contribution in [0.2, 0.25) is 0 Å². The minimum Gasteiger partial charge on any atom is -0.398 e. The van der Waals surface area contributed by atoms with Crippen molar-refractivity contribution in [2.75, 3.05) is 18.8 Å². The molecule has 0 radical (unpaired) electrons. The number of nitrogens with zero attached hydrogens (tertiary/aromatic N) is 1. The Bertz CT molecular complexity index is 445. The Morgan fingerprint density at radius 3 is 2.89 bits per heavy atom. The maximum atomic E-state index is 11.1. The van der Waals surface area contributed by atoms with Gasteiger partial charge >= 0.3 is 0 Å². The molecule has 1 aliphatic heterocycles. The number of hydrogen-bond donors (Lipinski definition) is 2. The summed E-state index contributed by atoms with van der Waals surface area (Å²) in [4.78, 5) is 13.5. The van der Waals surface area contributed by atoms with E-state index < -0.39 is 5.91 Å². The Morgan fingerprint density at radius 2 is 2.28 bits per heavy atom. The number of amides is 1. The molecule has 0 aliphatic carbocycles. The highest BCUT2D eigenvalue weighted by Crippen LogP contribution is 2.21. The molecule has 0 saturated carbocycles. The maximum Gasteiger partial charge on any atom is 0.248 e. The number of nitrogen functional groups attached to an aromatic ring is 1. The molecular formula is C14H21N3O. The Balaban J connectivity index is 2.07. The lowest BCUT2D eigenvalue weighted by molar-refractivity contribution is 0.100. The summed E-state index contributed by atoms with van der Waals surface area (Å²) < 4.78 is 0. The zero-order valence-electron chi connectivity index (χ0n) is 10.9. The van der Waals surface area contributed by atoms with E-state index >= 15 is 0 Å². The predicted octanol–water partition coefficient (Wildman–Crippen LogP) is 1.60. The quantitative estimate of drug-likeness (QED) is 0.797. The fraction of sp³-hybridized carbons (Fsp3) is 0.500. The first-order chi connectivity index (χ1) is 8.56. The average molecular weight is 247 g/mol. The van der Waals surface area contributed by atoms with E-state index in [1.54, 1.807) is 12.1 Å². The van der Waals surface area contributed by atoms with Crippen LogP contribution in [0.1, 0.15) is 35.7 Å². The number of likely N-dealkylation sites (tertiary alicyclic amines) is 1. The normalized spacial score (nSPS) is 20.8. The number of carbonyl (C=O) groups is 1. The standard InChI is InChI=1S/C14H21N3O/c1-10-3-2-6-17(8-10)9-12-5-4-11(14(16)18)7-13(12)15/h4-5,7,10H,2-3,6,8-9,15H2,1H3,(H2,16,18). The minimum absolute atomic E-state index is 0.431. The zero-order chi connectivity index (χ0) is 13.1. The van der Waals surface area contributed by atoms with Crippen molar-refractivity contribution in [1.29, 1.82) is 0 Å². The summed E-state index contributed by atoms with van der Waals surface area (Å²) in [5, 5.41) is 0. The van der Waals surface area contributed by atoms with Crippen LogP contribution < -0.4 is 11.5 Å². The van der Waals surface area contributed by atoms with Gasteiger partial charge in [-0.05, 0) is 43.0 Å². The van der Waals surface area contributed by atoms with Crippen molar-refractivity contribution >= 4 is 11.6 Å². The van der Waals surface area contributed by atoms with Gasteiger partial charge < -0.3 is 11.5 Å². The van der Waals surface area contributed by atoms with Crippen LogP contribution in [-0.4, -0.2) is 23.9 Å². The fourth-order valence-electron chi connectivity index (χ4n) is 2.56. The van der Waals surface area contributed by atoms with Crippen LogP contribution in [-0.2, 0) is 6.54 Å². The average Bonchev–Trinajstić information content (AvgIpc) is 2.31. The van der Waals surface area contributed by atoms with Crippen molar-refractivity contribution in [3.63, 3.8) is 0 Å². The summed E-state index contributed by atoms with van der Waals surface area (Å²) in [6, 6.07) is 5.33. The van der Waals surface area contributed by atoms with Gasteiger partial charge in [0.25, 0.3) is 0 Å². The van der Waals surface area contributed by atoms with Crippen LogP contribution >= 0.6 is 0 Å². The summed E-state index contributed by atoms with van der Waals surface area (Å²) in [5.74, 6) is 0.324. The lowest BCUT2D eigenvalue weighted by atomic mass is 9.99. The van der Waals surface area contributed by atoms with Crippen molar-refractivity contribution in [2.24, 2.45) is 11.7 Å². The second kappa shape index (κ2) is 5.40. The molecule has 18 heavy (non-hydrogen) atoms. The van der Waals surface area contributed by atoms with E-state index in [2.05, 4.69) is 11.8 Å². The lowest BCUT2D eigenvalue weighted by Gasteiger charge is -2.31. The van der Waals surface area contributed by atoms with E-state index in [0.717, 1.165) is 31.1 Å². The summed E-state index contributed by atoms with van der Waals surface area (Å²) in [6.07, 6.45) is 2.56. The Labute approximate surface area is 108 Å². The third kappa shape index (κ3) is 3.01. The van der Waals surface area contributed by atoms with Crippen molar-refractivity contribution in [3.05, 3.63) is 29.3 Å². The second-order valence-electron chi connectivity index (χ2n) is 5.26. The lowest BCUT2D eigenvalue weighted by Crippen LogP contribution is -2.33. The van der Waals surface area contributed by atoms with Gasteiger partial charge in [-0.15, -0.1) is 0 Å². The van der Waals surface area contributed by atoms with Gasteiger partial charge in [0.15, 0.2) is 0 Å². The summed E-state index contributed by atoms with van der Waals surface area (Å²) >= 11 is 0. The number of anilines is 1. The highest BCUT2D eigenvalue weighted by atomic mass is 16.1. The number of benzene rings is 1. The maximum absolute atomic E-state index is 11.1. The largest absolute Gasteiger partial charge is 0.398 e. The number of rotatable bonds is 3. The van der Waals surface area contributed by atoms with E-state index in [4.69, 9.17) is 11.5 Å². The SMILES string of the molecule is CC1CCCN(Cc2ccc(C(N)=O)cc2N)C1. The van der Waals surface area contributed by atoms with Crippen molar-refractivity contribution in [1.82, 2.24) is 4.90 Å². The molecule has 1 aliphatic rings. The predicted molar refractivity (Wildman–Crippen MR) is 73.0 cm³/mol. The van der Waals surface area contributed by atoms with Crippen LogP contribution in [0.25, 0.3) is 0 Å². The molecule has 1 aromatic rings. The van der Waals surface area contributed by atoms with Crippen LogP contribution in [0.15, 0.2) is 18.2 Å². The Hall–Kier alpha value is -1.55. The number of hydrogen-bond acceptors (Lipinski definition) is 3. The van der Waals surface area contributed by atoms with Gasteiger partial charge in [-0.25, -0.2) is 0 Å². The Kier molecular flexibility index (Phi) is 3.87. The molecule has 1 unspecified atom stereocenters. The molecule has 1 fully saturated rings. The van der Waals surface area contributed by atoms with Crippen LogP contribution in [0.5, 0.6) is 0 Å². The van der Waals surface area contributed by atoms with Crippen molar-refractivity contribution < 1.29 is 4.79 Å². The van der Waals surface area contributed by atoms with Gasteiger partial charge in [0.05, 0.1) is 0 Å². The van der Waals surface area contributed by atoms with E-state index in [-0.39, 0.29) is 0 Å². The first-order valence-electron chi connectivity index (χ1n) is 6.47. The van der Waals surface area contributed by atoms with E-state index in [0.29, 0.717) is 11.3 Å². The third-order valence-corrected chi connectivity index (χ3v) is 3.57. The molecule has 1 amide bonds. The molecule has 4 N–H and O–H groups in total. The van der Waals surface area contributed by atoms with E-state index in [9.17, 15) is 4.79 Å². The van der Waals surface area contributed by atoms with Gasteiger partial charge in [0, 0.05) is 24.3 Å². The monoisotopic (exact) mass is 247 g/mol. The van der Waals surface area contributed by atoms with Gasteiger partial charge in [-0.1, -0.05) is 13.0 Å². The topological polar surface area (TPSA) is 72.3 Å². The molecule has 1 aromatic carbocycles. The number of carbonyl (C=O) groups excluding carboxylic acids is 1. The van der Waals surface area contributed by atoms with Gasteiger partial charge in [-0.3, -0.25) is 9.69 Å². The number of nitrogens with two attached hydrogens (primary N) is 2. The molecule has 4 heteroatoms. The second-order valence-corrected chi connectivity index (χ2v) is 5.26. The molecule has 0 bridgehead atoms. The van der Waals surface area contributed by atoms with Crippen molar-refractivity contribution in [3.8, 4) is 0 Å². The van der Waals surface area contributed by atoms with Crippen LogP contribution in [0.4, 0.5) is 5.69 Å². The highest BCUT2D eigenvalue weighted by Gasteiger charge is 2.17. The van der Waals surface area contributed by atoms with E-state index in [1.807, 2.05) is 6.07 Å². The molecule has 1 atom stereocenters. The zero-order valence-corrected chi connectivity index (χ0v) is 10.9. The summed E-state index contributed by atoms with van der Waals surface area (Å²) in [7, 11) is 0. The number of primary amides is 1. The van der Waals surface area contributed by atoms with E-state index in [1.165, 1.54) is 12.8 Å². The third-order valence-electron chi connectivity index (χ3n) is 3.57. The molecule has 2 rings (SSSR count). The molecule has 4 nitrogen and oxygen atoms in total. The summed E-state index contributed by atoms with van der Waals surface area (Å²) in [5.41, 5.74) is 13.4. The molecule has 1 saturated heterocycles. The molecule has 0 aromatic heterocycles. The smallest absolute Gasteiger partial charge is 0.248 e. The molecule has 98 valence electrons. The molecule has 0 spiro atoms. The molecule has 1 heterocycles. The van der Waals surface area contributed by atoms with Gasteiger partial charge in [0.1, 0.15) is 0 Å². The number of piperidine rings is 1. The summed E-state index contributed by atoms with van der Waals surface area (Å²) in [6.45, 7) is 5.39. The minimum atomic E-state index is -0.431. The van der Waals surface area contributed by atoms with Gasteiger partial charge in [0.2, 0.25) is 5.91 Å². The first-order valence-corrected chi connectivity index (χ1v) is 6.47. The fourth-order valence-corrected chi connectivity index (χ4v) is 2.56. The van der Waals surface area contributed by atoms with Crippen molar-refractivity contribution in [2.45, 2.75) is 26.3 Å². The van der Waals surface area contributed by atoms with Crippen LogP contribution in [0, 0.1) is 5.92 Å². The van der Waals surface area contributed by atoms with Crippen LogP contribution in [0.3, 0.4) is 0 Å². The Morgan fingerprint density at radius 1 is 1.50 bits per heavy atom. The highest BCUT2D eigenvalue weighted by molar-refractivity contribution is 5.93. The first kappa shape index (κ1) is 12.9. The molecular weight excluding hydrogens is 226 g/mol. The van der Waals surface area contributed by atoms with Gasteiger partial charge in [-0.2, -0.15) is 0 Å².